The van der Waals surface area contributed by atoms with Gasteiger partial charge in [-0.25, -0.2) is 30.7 Å². The number of aromatic nitrogens is 5. The van der Waals surface area contributed by atoms with Gasteiger partial charge in [0.25, 0.3) is 0 Å². The molecule has 21 rings (SSSR count). The molecule has 772 valence electrons. The third-order valence-electron chi connectivity index (χ3n) is 36.4. The smallest absolute Gasteiger partial charge is 0.142 e. The number of halogens is 7. The van der Waals surface area contributed by atoms with Crippen LogP contribution in [0.15, 0.2) is 152 Å². The van der Waals surface area contributed by atoms with Gasteiger partial charge in [0.1, 0.15) is 69.3 Å². The Morgan fingerprint density at radius 3 is 0.868 bits per heavy atom. The molecule has 10 aromatic rings. The van der Waals surface area contributed by atoms with Crippen LogP contribution in [0.5, 0.6) is 0 Å². The van der Waals surface area contributed by atoms with E-state index in [0.717, 1.165) is 161 Å². The van der Waals surface area contributed by atoms with E-state index in [4.69, 9.17) is 0 Å². The van der Waals surface area contributed by atoms with Gasteiger partial charge in [0.2, 0.25) is 0 Å². The Hall–Kier alpha value is -9.03. The van der Waals surface area contributed by atoms with Gasteiger partial charge in [0.15, 0.2) is 0 Å². The van der Waals surface area contributed by atoms with Crippen molar-refractivity contribution in [2.75, 3.05) is 0 Å². The average Bonchev–Trinajstić information content (AvgIpc) is 1.57. The van der Waals surface area contributed by atoms with Crippen molar-refractivity contribution in [2.24, 2.45) is 114 Å². The van der Waals surface area contributed by atoms with Crippen LogP contribution < -0.4 is 0 Å². The maximum absolute atomic E-state index is 16.2. The van der Waals surface area contributed by atoms with Crippen LogP contribution in [-0.2, 0) is 24.0 Å². The molecule has 11 nitrogen and oxygen atoms in total. The molecular formula is C126H158F7N5O6. The zero-order valence-corrected chi connectivity index (χ0v) is 89.1. The summed E-state index contributed by atoms with van der Waals surface area (Å²) in [5.74, 6) is 8.01. The molecule has 0 aliphatic heterocycles. The fourth-order valence-electron chi connectivity index (χ4n) is 29.6. The van der Waals surface area contributed by atoms with Gasteiger partial charge >= 0.3 is 0 Å². The molecule has 11 aliphatic carbocycles. The van der Waals surface area contributed by atoms with Crippen LogP contribution in [0, 0.1) is 143 Å². The van der Waals surface area contributed by atoms with E-state index in [1.807, 2.05) is 78.3 Å². The summed E-state index contributed by atoms with van der Waals surface area (Å²) in [5, 5.41) is 15.6. The largest absolute Gasteiger partial charge is 0.389 e. The molecule has 18 heteroatoms. The minimum absolute atomic E-state index is 0.0135. The van der Waals surface area contributed by atoms with Crippen molar-refractivity contribution in [3.05, 3.63) is 209 Å². The molecule has 0 spiro atoms. The number of hydrogen-bond acceptors (Lipinski definition) is 11. The highest BCUT2D eigenvalue weighted by molar-refractivity contribution is 5.90. The molecule has 11 saturated carbocycles. The topological polar surface area (TPSA) is 170 Å². The van der Waals surface area contributed by atoms with Gasteiger partial charge < -0.3 is 5.11 Å². The summed E-state index contributed by atoms with van der Waals surface area (Å²) in [4.78, 5) is 85.7. The van der Waals surface area contributed by atoms with Crippen LogP contribution in [0.4, 0.5) is 30.7 Å². The molecule has 0 saturated heterocycles. The highest BCUT2D eigenvalue weighted by atomic mass is 19.2. The first kappa shape index (κ1) is 106. The third-order valence-corrected chi connectivity index (χ3v) is 36.4. The van der Waals surface area contributed by atoms with Crippen molar-refractivity contribution in [1.82, 2.24) is 24.9 Å². The second-order valence-corrected chi connectivity index (χ2v) is 54.5. The van der Waals surface area contributed by atoms with Crippen molar-refractivity contribution in [1.29, 1.82) is 0 Å². The number of ketones is 5. The fourth-order valence-corrected chi connectivity index (χ4v) is 29.6. The monoisotopic (exact) mass is 1970 g/mol. The second-order valence-electron chi connectivity index (χ2n) is 54.5. The van der Waals surface area contributed by atoms with E-state index in [1.54, 1.807) is 86.9 Å². The summed E-state index contributed by atoms with van der Waals surface area (Å²) in [6.07, 6.45) is 32.8. The van der Waals surface area contributed by atoms with Gasteiger partial charge in [0, 0.05) is 114 Å². The second kappa shape index (κ2) is 40.5. The molecule has 0 bridgehead atoms. The van der Waals surface area contributed by atoms with E-state index in [2.05, 4.69) is 113 Å². The molecule has 1 N–H and O–H groups in total. The number of rotatable bonds is 20. The molecule has 11 fully saturated rings. The highest BCUT2D eigenvalue weighted by Crippen LogP contribution is 2.67. The highest BCUT2D eigenvalue weighted by Gasteiger charge is 2.62. The van der Waals surface area contributed by atoms with Crippen LogP contribution in [0.3, 0.4) is 0 Å². The minimum atomic E-state index is -1.44. The Bertz CT molecular complexity index is 6080. The van der Waals surface area contributed by atoms with Gasteiger partial charge in [-0.2, -0.15) is 0 Å². The van der Waals surface area contributed by atoms with Crippen LogP contribution in [0.25, 0.3) is 54.5 Å². The van der Waals surface area contributed by atoms with Crippen LogP contribution >= 0.6 is 0 Å². The number of nitrogens with zero attached hydrogens (tertiary/aromatic N) is 5. The Morgan fingerprint density at radius 1 is 0.312 bits per heavy atom. The molecule has 5 aromatic heterocycles. The minimum Gasteiger partial charge on any atom is -0.389 e. The first-order chi connectivity index (χ1) is 67.4. The number of carbonyl (C=O) groups excluding carboxylic acids is 5. The third kappa shape index (κ3) is 23.9. The zero-order chi connectivity index (χ0) is 103. The Balaban J connectivity index is 0.000000123. The summed E-state index contributed by atoms with van der Waals surface area (Å²) in [7, 11) is 0. The molecule has 0 amide bonds. The van der Waals surface area contributed by atoms with Crippen molar-refractivity contribution in [3.8, 4) is 0 Å². The maximum Gasteiger partial charge on any atom is 0.142 e. The molecule has 10 unspecified atom stereocenters. The molecule has 11 aliphatic rings. The van der Waals surface area contributed by atoms with Gasteiger partial charge in [-0.3, -0.25) is 48.9 Å². The van der Waals surface area contributed by atoms with Crippen molar-refractivity contribution >= 4 is 83.4 Å². The molecule has 5 aromatic carbocycles. The quantitative estimate of drug-likeness (QED) is 0.0721. The van der Waals surface area contributed by atoms with E-state index in [9.17, 15) is 51.0 Å². The molecule has 0 radical (unpaired) electrons. The Kier molecular flexibility index (Phi) is 29.9. The van der Waals surface area contributed by atoms with E-state index < -0.39 is 22.4 Å². The average molecular weight is 1970 g/mol. The Morgan fingerprint density at radius 2 is 0.576 bits per heavy atom. The molecule has 5 heterocycles. The predicted molar refractivity (Wildman–Crippen MR) is 563 cm³/mol. The van der Waals surface area contributed by atoms with E-state index in [-0.39, 0.29) is 109 Å². The van der Waals surface area contributed by atoms with E-state index in [0.29, 0.717) is 153 Å². The van der Waals surface area contributed by atoms with Gasteiger partial charge in [-0.1, -0.05) is 118 Å². The maximum atomic E-state index is 16.2. The summed E-state index contributed by atoms with van der Waals surface area (Å²) < 4.78 is 101. The van der Waals surface area contributed by atoms with Crippen LogP contribution in [0.2, 0.25) is 0 Å². The molecular weight excluding hydrogens is 1810 g/mol. The van der Waals surface area contributed by atoms with Gasteiger partial charge in [0.05, 0.1) is 38.6 Å². The number of pyridine rings is 5. The lowest BCUT2D eigenvalue weighted by Crippen LogP contribution is -2.46. The van der Waals surface area contributed by atoms with Crippen LogP contribution in [0.1, 0.15) is 375 Å². The van der Waals surface area contributed by atoms with Crippen LogP contribution in [-0.4, -0.2) is 75.9 Å². The number of fused-ring (bicyclic) bond motifs is 10. The Labute approximate surface area is 850 Å². The summed E-state index contributed by atoms with van der Waals surface area (Å²) in [6, 6.07) is 34.3. The lowest BCUT2D eigenvalue weighted by atomic mass is 9.67. The summed E-state index contributed by atoms with van der Waals surface area (Å²) >= 11 is 0. The molecule has 144 heavy (non-hydrogen) atoms. The normalized spacial score (nSPS) is 29.4. The van der Waals surface area contributed by atoms with Crippen molar-refractivity contribution < 1.29 is 59.8 Å². The van der Waals surface area contributed by atoms with Crippen molar-refractivity contribution in [2.45, 2.75) is 364 Å². The lowest BCUT2D eigenvalue weighted by Gasteiger charge is -2.39. The number of Topliss-reactive ketones (excluding diaryl/α,β-unsaturated/α-hetero) is 5. The van der Waals surface area contributed by atoms with E-state index in [1.165, 1.54) is 72.7 Å². The SMILES string of the molecule is CC(C)(C)CC(=O)C(C)(C)C1(F)C[C@H]2CC(c3ccnc4ccc(F)cc34)C[C@H]2C1.CC(C)(C)CC(=O)C(C)(C)C1C[C@H]2CC(c3ccnc4ccc(F)cc34)C[C@H]2C1.CC(C)(C)CC(=O)C1(C2C[C@H]3CC(c4ccnc5ccc(F)cc45)C[C@H]3C2)CC1.CC(C)(C)CC(=O)CC1(F)C[C@H]2CC(c3ccnc4ccc(F)cc34)C[C@H]2C1.CC(C)(C)CC(=O)CC1(O)C[C@H]2CC(c3ccnc4ccc(F)cc34)C[C@H]2C1. The first-order valence-corrected chi connectivity index (χ1v) is 54.4. The van der Waals surface area contributed by atoms with Crippen molar-refractivity contribution in [3.63, 3.8) is 0 Å². The summed E-state index contributed by atoms with van der Waals surface area (Å²) in [6.45, 7) is 39.3. The van der Waals surface area contributed by atoms with Gasteiger partial charge in [-0.05, 0) is 432 Å². The standard InChI is InChI=1S/C26H33F2NO.C26H32FNO.C26H34FNO.C24H29F2NO.C24H30FNO2/c1-24(2,3)15-23(30)25(4,5)26(28)13-17-10-16(11-18(17)14-26)20-8-9-29-22-7-6-19(27)12-21(20)22;1-25(2,3)15-24(29)26(7-8-26)19-12-16-10-18(11-17(16)13-19)21-6-9-28-23-5-4-20(27)14-22(21)23;1-25(2,3)15-24(29)26(4,5)19-12-16-10-18(11-17(16)13-19)21-8-9-28-23-7-6-20(27)14-22(21)23;1-23(2,3)13-19(28)14-24(26)11-16-8-15(9-17(16)12-24)20-6-7-27-22-5-4-18(25)10-21(20)22;1-23(2,3)13-19(27)14-24(28)11-16-8-15(9-17(16)12-24)20-6-7-26-22-5-4-18(25)10-21(20)22/h6-9,12,16-18H,10-11,13-15H2,1-5H3;4-6,9,14,16-19H,7-8,10-13,15H2,1-3H3;6-9,14,16-19H,10-13,15H2,1-5H3;4-7,10,15-17H,8-9,11-14H2,1-3H3;4-7,10,15-17,28H,8-9,11-14H2,1-3H3/t16?,17-,18+,26?;2*16-,17+,18?,19?;2*15?,16-,17+,24?. The molecule has 20 atom stereocenters. The predicted octanol–water partition coefficient (Wildman–Crippen LogP) is 32.4. The number of benzene rings is 5. The van der Waals surface area contributed by atoms with E-state index >= 15 is 8.78 Å². The number of hydrogen-bond donors (Lipinski definition) is 1. The van der Waals surface area contributed by atoms with Gasteiger partial charge in [-0.15, -0.1) is 0 Å². The fraction of sp³-hybridized carbons (Fsp3) is 0.603. The number of aliphatic hydroxyl groups is 1. The number of alkyl halides is 2. The first-order valence-electron chi connectivity index (χ1n) is 54.4. The lowest BCUT2D eigenvalue weighted by molar-refractivity contribution is -0.138. The number of carbonyl (C=O) groups is 5. The summed E-state index contributed by atoms with van der Waals surface area (Å²) in [5.41, 5.74) is 5.23. The zero-order valence-electron chi connectivity index (χ0n) is 89.1.